The number of furan rings is 1. The summed E-state index contributed by atoms with van der Waals surface area (Å²) < 4.78 is 19.6. The summed E-state index contributed by atoms with van der Waals surface area (Å²) >= 11 is 0. The van der Waals surface area contributed by atoms with Crippen molar-refractivity contribution in [2.45, 2.75) is 44.3 Å². The number of aromatic nitrogens is 1. The Morgan fingerprint density at radius 2 is 1.80 bits per heavy atom. The van der Waals surface area contributed by atoms with Gasteiger partial charge in [0.1, 0.15) is 11.9 Å². The number of carbonyl (C=O) groups excluding carboxylic acids is 3. The first-order valence-electron chi connectivity index (χ1n) is 11.6. The van der Waals surface area contributed by atoms with Crippen LogP contribution in [-0.2, 0) is 16.1 Å². The molecule has 8 nitrogen and oxygen atoms in total. The molecule has 35 heavy (non-hydrogen) atoms. The van der Waals surface area contributed by atoms with Crippen molar-refractivity contribution in [1.29, 1.82) is 0 Å². The van der Waals surface area contributed by atoms with E-state index in [1.165, 1.54) is 35.7 Å². The van der Waals surface area contributed by atoms with Crippen molar-refractivity contribution in [2.24, 2.45) is 0 Å². The highest BCUT2D eigenvalue weighted by Gasteiger charge is 2.33. The highest BCUT2D eigenvalue weighted by Crippen LogP contribution is 2.26. The van der Waals surface area contributed by atoms with Crippen LogP contribution in [-0.4, -0.2) is 40.2 Å². The zero-order valence-electron chi connectivity index (χ0n) is 19.2. The van der Waals surface area contributed by atoms with Crippen LogP contribution < -0.4 is 10.6 Å². The zero-order valence-corrected chi connectivity index (χ0v) is 19.2. The summed E-state index contributed by atoms with van der Waals surface area (Å²) in [5, 5.41) is 5.57. The minimum absolute atomic E-state index is 0.0240. The number of carbonyl (C=O) groups is 3. The lowest BCUT2D eigenvalue weighted by molar-refractivity contribution is -0.141. The van der Waals surface area contributed by atoms with Gasteiger partial charge in [-0.05, 0) is 48.7 Å². The summed E-state index contributed by atoms with van der Waals surface area (Å²) in [4.78, 5) is 44.6. The third-order valence-electron chi connectivity index (χ3n) is 6.05. The molecule has 9 heteroatoms. The van der Waals surface area contributed by atoms with Crippen molar-refractivity contribution in [3.63, 3.8) is 0 Å². The number of rotatable bonds is 9. The number of nitrogens with zero attached hydrogens (tertiary/aromatic N) is 2. The third-order valence-corrected chi connectivity index (χ3v) is 6.05. The molecule has 2 heterocycles. The molecule has 1 aliphatic rings. The molecular formula is C26H27FN4O4. The first-order chi connectivity index (χ1) is 17.0. The molecular weight excluding hydrogens is 451 g/mol. The maximum Gasteiger partial charge on any atom is 0.287 e. The molecule has 1 aromatic carbocycles. The standard InChI is InChI=1S/C26H27FN4O4/c27-21-9-4-1-6-19(21)17-31(23(32)16-29-25(33)22-10-5-15-35-22)24(18-11-13-28-14-12-18)26(34)30-20-7-2-3-8-20/h1,4-6,9-15,20,24H,2-3,7-8,16-17H2,(H,29,33)(H,30,34). The van der Waals surface area contributed by atoms with Crippen LogP contribution in [0.3, 0.4) is 0 Å². The third kappa shape index (κ3) is 6.11. The SMILES string of the molecule is O=C(NCC(=O)N(Cc1ccccc1F)C(C(=O)NC1CCCC1)c1ccncc1)c1ccco1. The van der Waals surface area contributed by atoms with Crippen LogP contribution in [0.15, 0.2) is 71.6 Å². The van der Waals surface area contributed by atoms with Crippen LogP contribution in [0.2, 0.25) is 0 Å². The van der Waals surface area contributed by atoms with Gasteiger partial charge in [-0.1, -0.05) is 31.0 Å². The molecule has 0 spiro atoms. The molecule has 0 saturated heterocycles. The van der Waals surface area contributed by atoms with Crippen molar-refractivity contribution in [3.05, 3.63) is 89.9 Å². The lowest BCUT2D eigenvalue weighted by atomic mass is 10.0. The second-order valence-electron chi connectivity index (χ2n) is 8.45. The first kappa shape index (κ1) is 24.1. The summed E-state index contributed by atoms with van der Waals surface area (Å²) in [5.41, 5.74) is 0.795. The van der Waals surface area contributed by atoms with Gasteiger partial charge in [0.25, 0.3) is 5.91 Å². The van der Waals surface area contributed by atoms with Crippen LogP contribution in [0.1, 0.15) is 53.4 Å². The van der Waals surface area contributed by atoms with E-state index in [4.69, 9.17) is 4.42 Å². The van der Waals surface area contributed by atoms with E-state index in [9.17, 15) is 18.8 Å². The summed E-state index contributed by atoms with van der Waals surface area (Å²) in [6, 6.07) is 11.4. The van der Waals surface area contributed by atoms with Gasteiger partial charge < -0.3 is 20.0 Å². The average Bonchev–Trinajstić information content (AvgIpc) is 3.58. The van der Waals surface area contributed by atoms with Crippen molar-refractivity contribution in [2.75, 3.05) is 6.54 Å². The van der Waals surface area contributed by atoms with E-state index in [1.807, 2.05) is 0 Å². The number of halogens is 1. The van der Waals surface area contributed by atoms with Gasteiger partial charge in [-0.25, -0.2) is 4.39 Å². The quantitative estimate of drug-likeness (QED) is 0.491. The number of nitrogens with one attached hydrogen (secondary N) is 2. The molecule has 0 aliphatic heterocycles. The average molecular weight is 479 g/mol. The number of pyridine rings is 1. The van der Waals surface area contributed by atoms with Crippen LogP contribution in [0.4, 0.5) is 4.39 Å². The highest BCUT2D eigenvalue weighted by atomic mass is 19.1. The zero-order chi connectivity index (χ0) is 24.6. The molecule has 1 fully saturated rings. The van der Waals surface area contributed by atoms with Crippen molar-refractivity contribution >= 4 is 17.7 Å². The predicted molar refractivity (Wildman–Crippen MR) is 125 cm³/mol. The van der Waals surface area contributed by atoms with E-state index < -0.39 is 30.2 Å². The Kier molecular flexibility index (Phi) is 7.87. The predicted octanol–water partition coefficient (Wildman–Crippen LogP) is 3.37. The van der Waals surface area contributed by atoms with E-state index in [0.717, 1.165) is 25.7 Å². The first-order valence-corrected chi connectivity index (χ1v) is 11.6. The molecule has 1 saturated carbocycles. The van der Waals surface area contributed by atoms with Gasteiger partial charge in [0, 0.05) is 30.5 Å². The Hall–Kier alpha value is -4.01. The Balaban J connectivity index is 1.63. The van der Waals surface area contributed by atoms with Crippen LogP contribution in [0, 0.1) is 5.82 Å². The Bertz CT molecular complexity index is 1150. The fraction of sp³-hybridized carbons (Fsp3) is 0.308. The van der Waals surface area contributed by atoms with E-state index in [2.05, 4.69) is 15.6 Å². The fourth-order valence-electron chi connectivity index (χ4n) is 4.25. The Labute approximate surface area is 202 Å². The van der Waals surface area contributed by atoms with Gasteiger partial charge in [-0.15, -0.1) is 0 Å². The Morgan fingerprint density at radius 3 is 2.49 bits per heavy atom. The molecule has 182 valence electrons. The highest BCUT2D eigenvalue weighted by molar-refractivity contribution is 5.95. The molecule has 3 aromatic rings. The normalized spacial score (nSPS) is 14.3. The molecule has 1 aliphatic carbocycles. The van der Waals surface area contributed by atoms with Gasteiger partial charge in [0.15, 0.2) is 5.76 Å². The lowest BCUT2D eigenvalue weighted by Crippen LogP contribution is -2.48. The smallest absolute Gasteiger partial charge is 0.287 e. The van der Waals surface area contributed by atoms with Gasteiger partial charge in [-0.2, -0.15) is 0 Å². The number of hydrogen-bond donors (Lipinski definition) is 2. The monoisotopic (exact) mass is 478 g/mol. The summed E-state index contributed by atoms with van der Waals surface area (Å²) in [5.74, 6) is -1.90. The van der Waals surface area contributed by atoms with Gasteiger partial charge in [-0.3, -0.25) is 19.4 Å². The van der Waals surface area contributed by atoms with E-state index in [-0.39, 0.29) is 29.8 Å². The van der Waals surface area contributed by atoms with Gasteiger partial charge in [0.05, 0.1) is 12.8 Å². The molecule has 2 N–H and O–H groups in total. The number of hydrogen-bond acceptors (Lipinski definition) is 5. The lowest BCUT2D eigenvalue weighted by Gasteiger charge is -2.32. The van der Waals surface area contributed by atoms with Crippen molar-refractivity contribution < 1.29 is 23.2 Å². The maximum atomic E-state index is 14.6. The maximum absolute atomic E-state index is 14.6. The molecule has 2 aromatic heterocycles. The van der Waals surface area contributed by atoms with Crippen molar-refractivity contribution in [3.8, 4) is 0 Å². The molecule has 4 rings (SSSR count). The molecule has 3 amide bonds. The van der Waals surface area contributed by atoms with Gasteiger partial charge in [0.2, 0.25) is 11.8 Å². The number of amides is 3. The van der Waals surface area contributed by atoms with E-state index in [1.54, 1.807) is 36.4 Å². The summed E-state index contributed by atoms with van der Waals surface area (Å²) in [7, 11) is 0. The topological polar surface area (TPSA) is 105 Å². The largest absolute Gasteiger partial charge is 0.459 e. The fourth-order valence-corrected chi connectivity index (χ4v) is 4.25. The molecule has 1 unspecified atom stereocenters. The van der Waals surface area contributed by atoms with E-state index in [0.29, 0.717) is 5.56 Å². The number of benzene rings is 1. The van der Waals surface area contributed by atoms with Gasteiger partial charge >= 0.3 is 0 Å². The van der Waals surface area contributed by atoms with Crippen molar-refractivity contribution in [1.82, 2.24) is 20.5 Å². The van der Waals surface area contributed by atoms with Crippen LogP contribution >= 0.6 is 0 Å². The molecule has 0 radical (unpaired) electrons. The second kappa shape index (κ2) is 11.4. The minimum atomic E-state index is -1.04. The Morgan fingerprint density at radius 1 is 1.06 bits per heavy atom. The summed E-state index contributed by atoms with van der Waals surface area (Å²) in [6.07, 6.45) is 8.23. The molecule has 1 atom stereocenters. The van der Waals surface area contributed by atoms with Crippen LogP contribution in [0.25, 0.3) is 0 Å². The van der Waals surface area contributed by atoms with Crippen LogP contribution in [0.5, 0.6) is 0 Å². The minimum Gasteiger partial charge on any atom is -0.459 e. The molecule has 0 bridgehead atoms. The second-order valence-corrected chi connectivity index (χ2v) is 8.45. The van der Waals surface area contributed by atoms with E-state index >= 15 is 0 Å². The summed E-state index contributed by atoms with van der Waals surface area (Å²) in [6.45, 7) is -0.556.